The predicted octanol–water partition coefficient (Wildman–Crippen LogP) is 2.28. The molecule has 3 heterocycles. The van der Waals surface area contributed by atoms with Gasteiger partial charge in [0, 0.05) is 37.7 Å². The summed E-state index contributed by atoms with van der Waals surface area (Å²) in [6.45, 7) is 6.11. The molecule has 2 atom stereocenters. The van der Waals surface area contributed by atoms with Gasteiger partial charge in [-0.25, -0.2) is 4.68 Å². The van der Waals surface area contributed by atoms with Gasteiger partial charge in [-0.1, -0.05) is 0 Å². The molecule has 0 saturated carbocycles. The summed E-state index contributed by atoms with van der Waals surface area (Å²) < 4.78 is 7.96. The molecule has 1 aromatic heterocycles. The second-order valence-corrected chi connectivity index (χ2v) is 6.39. The van der Waals surface area contributed by atoms with Gasteiger partial charge in [-0.05, 0) is 49.4 Å². The number of rotatable bonds is 2. The fourth-order valence-electron chi connectivity index (χ4n) is 3.61. The summed E-state index contributed by atoms with van der Waals surface area (Å²) in [4.78, 5) is 0. The molecule has 2 fully saturated rings. The van der Waals surface area contributed by atoms with Crippen LogP contribution in [0.15, 0.2) is 18.3 Å². The number of aryl methyl sites for hydroxylation is 1. The molecule has 2 N–H and O–H groups in total. The lowest BCUT2D eigenvalue weighted by atomic mass is 9.98. The molecule has 1 aromatic carbocycles. The van der Waals surface area contributed by atoms with Crippen LogP contribution in [0.4, 0.5) is 0 Å². The van der Waals surface area contributed by atoms with E-state index in [1.807, 2.05) is 6.20 Å². The Bertz CT molecular complexity index is 654. The standard InChI is InChI=1S/C17H24N4O/c1-12-8-16-13(9-14(12)15-11-18-5-6-19-15)10-20-21(16)17-4-2-3-7-22-17/h8-10,15,17-19H,2-7,11H2,1H3. The molecule has 118 valence electrons. The first-order valence-corrected chi connectivity index (χ1v) is 8.36. The molecule has 22 heavy (non-hydrogen) atoms. The Labute approximate surface area is 131 Å². The smallest absolute Gasteiger partial charge is 0.150 e. The van der Waals surface area contributed by atoms with E-state index in [2.05, 4.69) is 39.5 Å². The van der Waals surface area contributed by atoms with Crippen LogP contribution < -0.4 is 10.6 Å². The molecule has 0 spiro atoms. The number of hydrogen-bond donors (Lipinski definition) is 2. The molecule has 2 unspecified atom stereocenters. The normalized spacial score (nSPS) is 26.4. The number of nitrogens with zero attached hydrogens (tertiary/aromatic N) is 2. The molecular weight excluding hydrogens is 276 g/mol. The number of ether oxygens (including phenoxy) is 1. The van der Waals surface area contributed by atoms with E-state index in [1.54, 1.807) is 0 Å². The number of aromatic nitrogens is 2. The maximum Gasteiger partial charge on any atom is 0.150 e. The van der Waals surface area contributed by atoms with E-state index < -0.39 is 0 Å². The first kappa shape index (κ1) is 14.2. The van der Waals surface area contributed by atoms with Gasteiger partial charge in [0.1, 0.15) is 0 Å². The lowest BCUT2D eigenvalue weighted by Crippen LogP contribution is -2.42. The minimum absolute atomic E-state index is 0.103. The Morgan fingerprint density at radius 3 is 3.00 bits per heavy atom. The van der Waals surface area contributed by atoms with Crippen LogP contribution in [0, 0.1) is 6.92 Å². The quantitative estimate of drug-likeness (QED) is 0.893. The number of piperazine rings is 1. The van der Waals surface area contributed by atoms with Crippen LogP contribution in [-0.4, -0.2) is 36.0 Å². The number of hydrogen-bond acceptors (Lipinski definition) is 4. The van der Waals surface area contributed by atoms with Crippen molar-refractivity contribution >= 4 is 10.9 Å². The van der Waals surface area contributed by atoms with Gasteiger partial charge in [-0.2, -0.15) is 5.10 Å². The van der Waals surface area contributed by atoms with E-state index in [0.717, 1.165) is 32.7 Å². The molecule has 2 saturated heterocycles. The largest absolute Gasteiger partial charge is 0.356 e. The lowest BCUT2D eigenvalue weighted by Gasteiger charge is -2.27. The van der Waals surface area contributed by atoms with E-state index in [4.69, 9.17) is 4.74 Å². The lowest BCUT2D eigenvalue weighted by molar-refractivity contribution is -0.0366. The molecule has 5 heteroatoms. The van der Waals surface area contributed by atoms with E-state index in [9.17, 15) is 0 Å². The predicted molar refractivity (Wildman–Crippen MR) is 86.9 cm³/mol. The molecule has 2 aliphatic rings. The second kappa shape index (κ2) is 5.99. The third kappa shape index (κ3) is 2.53. The van der Waals surface area contributed by atoms with Gasteiger partial charge in [-0.3, -0.25) is 0 Å². The first-order valence-electron chi connectivity index (χ1n) is 8.36. The van der Waals surface area contributed by atoms with E-state index in [1.165, 1.54) is 34.9 Å². The Morgan fingerprint density at radius 1 is 1.27 bits per heavy atom. The summed E-state index contributed by atoms with van der Waals surface area (Å²) >= 11 is 0. The fraction of sp³-hybridized carbons (Fsp3) is 0.588. The van der Waals surface area contributed by atoms with E-state index in [-0.39, 0.29) is 6.23 Å². The summed E-state index contributed by atoms with van der Waals surface area (Å²) in [6, 6.07) is 4.96. The van der Waals surface area contributed by atoms with Crippen molar-refractivity contribution in [2.75, 3.05) is 26.2 Å². The monoisotopic (exact) mass is 300 g/mol. The van der Waals surface area contributed by atoms with Crippen molar-refractivity contribution in [2.45, 2.75) is 38.5 Å². The van der Waals surface area contributed by atoms with Gasteiger partial charge in [0.2, 0.25) is 0 Å². The van der Waals surface area contributed by atoms with Crippen molar-refractivity contribution in [1.82, 2.24) is 20.4 Å². The summed E-state index contributed by atoms with van der Waals surface area (Å²) in [5.41, 5.74) is 3.90. The minimum Gasteiger partial charge on any atom is -0.356 e. The zero-order valence-electron chi connectivity index (χ0n) is 13.1. The summed E-state index contributed by atoms with van der Waals surface area (Å²) in [5.74, 6) is 0. The molecular formula is C17H24N4O. The average molecular weight is 300 g/mol. The van der Waals surface area contributed by atoms with Crippen molar-refractivity contribution in [3.63, 3.8) is 0 Å². The Balaban J connectivity index is 1.69. The first-order chi connectivity index (χ1) is 10.8. The van der Waals surface area contributed by atoms with Crippen LogP contribution in [0.25, 0.3) is 10.9 Å². The summed E-state index contributed by atoms with van der Waals surface area (Å²) in [6.07, 6.45) is 5.53. The van der Waals surface area contributed by atoms with E-state index in [0.29, 0.717) is 6.04 Å². The molecule has 4 rings (SSSR count). The van der Waals surface area contributed by atoms with Crippen LogP contribution in [0.3, 0.4) is 0 Å². The van der Waals surface area contributed by atoms with Gasteiger partial charge in [-0.15, -0.1) is 0 Å². The zero-order chi connectivity index (χ0) is 14.9. The van der Waals surface area contributed by atoms with Gasteiger partial charge in [0.15, 0.2) is 6.23 Å². The van der Waals surface area contributed by atoms with Crippen molar-refractivity contribution < 1.29 is 4.74 Å². The van der Waals surface area contributed by atoms with E-state index >= 15 is 0 Å². The Morgan fingerprint density at radius 2 is 2.23 bits per heavy atom. The number of benzene rings is 1. The fourth-order valence-corrected chi connectivity index (χ4v) is 3.61. The van der Waals surface area contributed by atoms with Gasteiger partial charge < -0.3 is 15.4 Å². The Hall–Kier alpha value is -1.43. The van der Waals surface area contributed by atoms with Crippen LogP contribution in [0.2, 0.25) is 0 Å². The maximum absolute atomic E-state index is 5.89. The maximum atomic E-state index is 5.89. The molecule has 2 aromatic rings. The third-order valence-electron chi connectivity index (χ3n) is 4.83. The van der Waals surface area contributed by atoms with Crippen molar-refractivity contribution in [3.05, 3.63) is 29.5 Å². The summed E-state index contributed by atoms with van der Waals surface area (Å²) in [5, 5.41) is 12.9. The highest BCUT2D eigenvalue weighted by molar-refractivity contribution is 5.80. The highest BCUT2D eigenvalue weighted by Gasteiger charge is 2.21. The molecule has 0 amide bonds. The SMILES string of the molecule is Cc1cc2c(cnn2C2CCCCO2)cc1C1CNCCN1. The average Bonchev–Trinajstić information content (AvgIpc) is 2.98. The molecule has 0 radical (unpaired) electrons. The van der Waals surface area contributed by atoms with Crippen LogP contribution in [-0.2, 0) is 4.74 Å². The van der Waals surface area contributed by atoms with Crippen molar-refractivity contribution in [3.8, 4) is 0 Å². The van der Waals surface area contributed by atoms with Crippen molar-refractivity contribution in [2.24, 2.45) is 0 Å². The summed E-state index contributed by atoms with van der Waals surface area (Å²) in [7, 11) is 0. The van der Waals surface area contributed by atoms with Crippen LogP contribution >= 0.6 is 0 Å². The van der Waals surface area contributed by atoms with Gasteiger partial charge in [0.25, 0.3) is 0 Å². The van der Waals surface area contributed by atoms with Crippen LogP contribution in [0.1, 0.15) is 42.7 Å². The highest BCUT2D eigenvalue weighted by atomic mass is 16.5. The molecule has 2 aliphatic heterocycles. The highest BCUT2D eigenvalue weighted by Crippen LogP contribution is 2.29. The van der Waals surface area contributed by atoms with Gasteiger partial charge >= 0.3 is 0 Å². The molecule has 0 bridgehead atoms. The number of fused-ring (bicyclic) bond motifs is 1. The topological polar surface area (TPSA) is 51.1 Å². The minimum atomic E-state index is 0.103. The number of nitrogens with one attached hydrogen (secondary N) is 2. The third-order valence-corrected chi connectivity index (χ3v) is 4.83. The van der Waals surface area contributed by atoms with Gasteiger partial charge in [0.05, 0.1) is 11.7 Å². The van der Waals surface area contributed by atoms with Crippen molar-refractivity contribution in [1.29, 1.82) is 0 Å². The molecule has 0 aliphatic carbocycles. The zero-order valence-corrected chi connectivity index (χ0v) is 13.1. The molecule has 5 nitrogen and oxygen atoms in total. The van der Waals surface area contributed by atoms with Crippen LogP contribution in [0.5, 0.6) is 0 Å². The second-order valence-electron chi connectivity index (χ2n) is 6.39. The Kier molecular flexibility index (Phi) is 3.86.